The molecule has 0 unspecified atom stereocenters. The van der Waals surface area contributed by atoms with Crippen LogP contribution >= 0.6 is 22.6 Å². The van der Waals surface area contributed by atoms with Crippen LogP contribution in [0.1, 0.15) is 0 Å². The number of ether oxygens (including phenoxy) is 1. The fourth-order valence-corrected chi connectivity index (χ4v) is 1.48. The summed E-state index contributed by atoms with van der Waals surface area (Å²) in [5.74, 6) is 1.44. The molecule has 0 bridgehead atoms. The number of carbonyl (C=O) groups excluding carboxylic acids is 1. The number of carbonyl (C=O) groups is 1. The highest BCUT2D eigenvalue weighted by molar-refractivity contribution is 14.1. The van der Waals surface area contributed by atoms with Gasteiger partial charge >= 0.3 is 0 Å². The second-order valence-electron chi connectivity index (χ2n) is 3.80. The predicted molar refractivity (Wildman–Crippen MR) is 83.2 cm³/mol. The van der Waals surface area contributed by atoms with E-state index in [0.717, 1.165) is 15.7 Å². The van der Waals surface area contributed by atoms with E-state index in [1.807, 2.05) is 42.5 Å². The van der Waals surface area contributed by atoms with Gasteiger partial charge in [0, 0.05) is 29.9 Å². The lowest BCUT2D eigenvalue weighted by molar-refractivity contribution is -0.115. The Hall–Kier alpha value is -1.63. The van der Waals surface area contributed by atoms with Gasteiger partial charge in [-0.1, -0.05) is 18.2 Å². The monoisotopic (exact) mass is 370 g/mol. The second-order valence-corrected chi connectivity index (χ2v) is 5.04. The van der Waals surface area contributed by atoms with Crippen molar-refractivity contribution < 1.29 is 9.53 Å². The fraction of sp³-hybridized carbons (Fsp3) is 0.143. The molecular weight excluding hydrogens is 355 g/mol. The summed E-state index contributed by atoms with van der Waals surface area (Å²) < 4.78 is 6.66. The van der Waals surface area contributed by atoms with Crippen molar-refractivity contribution >= 4 is 29.0 Å². The number of benzene rings is 1. The van der Waals surface area contributed by atoms with Crippen LogP contribution in [0.15, 0.2) is 48.7 Å². The summed E-state index contributed by atoms with van der Waals surface area (Å²) in [6.07, 6.45) is 2.49. The maximum atomic E-state index is 9.43. The first kappa shape index (κ1) is 15.4. The molecule has 0 saturated heterocycles. The molecule has 2 aromatic rings. The Kier molecular flexibility index (Phi) is 6.88. The third kappa shape index (κ3) is 6.76. The van der Waals surface area contributed by atoms with Crippen molar-refractivity contribution in [3.63, 3.8) is 0 Å². The standard InChI is InChI=1S/C11H8INO.C3H7NO/c12-9-6-7-13-11(8-9)14-10-4-2-1-3-5-10;1-4(2)3-5/h1-8H;3H,1-2H3. The zero-order valence-corrected chi connectivity index (χ0v) is 12.9. The molecule has 5 heteroatoms. The highest BCUT2D eigenvalue weighted by Crippen LogP contribution is 2.19. The molecule has 0 fully saturated rings. The smallest absolute Gasteiger partial charge is 0.220 e. The van der Waals surface area contributed by atoms with Crippen LogP contribution in [0.25, 0.3) is 0 Å². The van der Waals surface area contributed by atoms with Gasteiger partial charge in [-0.15, -0.1) is 0 Å². The van der Waals surface area contributed by atoms with Gasteiger partial charge < -0.3 is 9.64 Å². The van der Waals surface area contributed by atoms with Gasteiger partial charge in [0.05, 0.1) is 0 Å². The van der Waals surface area contributed by atoms with Crippen LogP contribution in [0, 0.1) is 3.57 Å². The van der Waals surface area contributed by atoms with E-state index in [-0.39, 0.29) is 0 Å². The second kappa shape index (κ2) is 8.47. The fourth-order valence-electron chi connectivity index (χ4n) is 1.05. The Morgan fingerprint density at radius 3 is 2.37 bits per heavy atom. The summed E-state index contributed by atoms with van der Waals surface area (Å²) in [6, 6.07) is 13.5. The SMILES string of the molecule is CN(C)C=O.Ic1ccnc(Oc2ccccc2)c1. The van der Waals surface area contributed by atoms with Crippen molar-refractivity contribution in [2.24, 2.45) is 0 Å². The summed E-state index contributed by atoms with van der Waals surface area (Å²) in [5, 5.41) is 0. The van der Waals surface area contributed by atoms with Crippen molar-refractivity contribution in [1.82, 2.24) is 9.88 Å². The van der Waals surface area contributed by atoms with Crippen LogP contribution in [0.5, 0.6) is 11.6 Å². The number of amides is 1. The Morgan fingerprint density at radius 2 is 1.84 bits per heavy atom. The molecular formula is C14H15IN2O2. The minimum Gasteiger partial charge on any atom is -0.439 e. The van der Waals surface area contributed by atoms with E-state index in [9.17, 15) is 4.79 Å². The lowest BCUT2D eigenvalue weighted by Crippen LogP contribution is -2.06. The van der Waals surface area contributed by atoms with Gasteiger partial charge in [-0.2, -0.15) is 0 Å². The molecule has 2 rings (SSSR count). The first-order valence-electron chi connectivity index (χ1n) is 5.58. The van der Waals surface area contributed by atoms with Crippen molar-refractivity contribution in [3.8, 4) is 11.6 Å². The molecule has 0 aliphatic heterocycles. The van der Waals surface area contributed by atoms with Crippen molar-refractivity contribution in [2.45, 2.75) is 0 Å². The minimum atomic E-state index is 0.628. The van der Waals surface area contributed by atoms with Gasteiger partial charge in [-0.25, -0.2) is 4.98 Å². The molecule has 0 aliphatic rings. The number of nitrogens with zero attached hydrogens (tertiary/aromatic N) is 2. The van der Waals surface area contributed by atoms with Gasteiger partial charge in [-0.3, -0.25) is 4.79 Å². The van der Waals surface area contributed by atoms with E-state index in [4.69, 9.17) is 4.74 Å². The van der Waals surface area contributed by atoms with Gasteiger partial charge in [0.25, 0.3) is 0 Å². The Morgan fingerprint density at radius 1 is 1.21 bits per heavy atom. The number of rotatable bonds is 3. The molecule has 100 valence electrons. The lowest BCUT2D eigenvalue weighted by Gasteiger charge is -2.03. The quantitative estimate of drug-likeness (QED) is 0.616. The summed E-state index contributed by atoms with van der Waals surface area (Å²) >= 11 is 2.23. The zero-order chi connectivity index (χ0) is 14.1. The third-order valence-corrected chi connectivity index (χ3v) is 2.54. The predicted octanol–water partition coefficient (Wildman–Crippen LogP) is 3.18. The van der Waals surface area contributed by atoms with E-state index in [0.29, 0.717) is 5.88 Å². The number of hydrogen-bond donors (Lipinski definition) is 0. The maximum absolute atomic E-state index is 9.43. The van der Waals surface area contributed by atoms with E-state index in [1.165, 1.54) is 4.90 Å². The van der Waals surface area contributed by atoms with E-state index < -0.39 is 0 Å². The average Bonchev–Trinajstić information content (AvgIpc) is 2.40. The molecule has 0 atom stereocenters. The molecule has 0 N–H and O–H groups in total. The van der Waals surface area contributed by atoms with Crippen LogP contribution < -0.4 is 4.74 Å². The summed E-state index contributed by atoms with van der Waals surface area (Å²) in [5.41, 5.74) is 0. The Labute approximate surface area is 126 Å². The first-order chi connectivity index (χ1) is 9.11. The van der Waals surface area contributed by atoms with Crippen LogP contribution in [0.2, 0.25) is 0 Å². The van der Waals surface area contributed by atoms with E-state index >= 15 is 0 Å². The number of aromatic nitrogens is 1. The van der Waals surface area contributed by atoms with E-state index in [2.05, 4.69) is 27.6 Å². The number of hydrogen-bond acceptors (Lipinski definition) is 3. The number of pyridine rings is 1. The molecule has 4 nitrogen and oxygen atoms in total. The summed E-state index contributed by atoms with van der Waals surface area (Å²) in [4.78, 5) is 15.0. The van der Waals surface area contributed by atoms with Crippen molar-refractivity contribution in [2.75, 3.05) is 14.1 Å². The number of para-hydroxylation sites is 1. The Bertz CT molecular complexity index is 504. The molecule has 1 amide bonds. The average molecular weight is 370 g/mol. The maximum Gasteiger partial charge on any atom is 0.220 e. The zero-order valence-electron chi connectivity index (χ0n) is 10.8. The highest BCUT2D eigenvalue weighted by Gasteiger charge is 1.97. The summed E-state index contributed by atoms with van der Waals surface area (Å²) in [6.45, 7) is 0. The molecule has 0 radical (unpaired) electrons. The van der Waals surface area contributed by atoms with Crippen LogP contribution in [0.3, 0.4) is 0 Å². The van der Waals surface area contributed by atoms with Gasteiger partial charge in [0.15, 0.2) is 0 Å². The molecule has 19 heavy (non-hydrogen) atoms. The molecule has 0 aliphatic carbocycles. The van der Waals surface area contributed by atoms with Crippen molar-refractivity contribution in [3.05, 3.63) is 52.2 Å². The normalized spacial score (nSPS) is 9.00. The Balaban J connectivity index is 0.000000312. The van der Waals surface area contributed by atoms with Crippen LogP contribution in [0.4, 0.5) is 0 Å². The molecule has 0 spiro atoms. The third-order valence-electron chi connectivity index (χ3n) is 1.87. The lowest BCUT2D eigenvalue weighted by atomic mass is 10.3. The van der Waals surface area contributed by atoms with Gasteiger partial charge in [-0.05, 0) is 40.8 Å². The summed E-state index contributed by atoms with van der Waals surface area (Å²) in [7, 11) is 3.38. The first-order valence-corrected chi connectivity index (χ1v) is 6.66. The molecule has 0 saturated carbocycles. The topological polar surface area (TPSA) is 42.4 Å². The van der Waals surface area contributed by atoms with Gasteiger partial charge in [0.1, 0.15) is 5.75 Å². The molecule has 1 aromatic heterocycles. The number of halogens is 1. The van der Waals surface area contributed by atoms with E-state index in [1.54, 1.807) is 20.3 Å². The van der Waals surface area contributed by atoms with Crippen LogP contribution in [-0.2, 0) is 4.79 Å². The van der Waals surface area contributed by atoms with Crippen LogP contribution in [-0.4, -0.2) is 30.4 Å². The molecule has 1 aromatic carbocycles. The highest BCUT2D eigenvalue weighted by atomic mass is 127. The molecule has 1 heterocycles. The largest absolute Gasteiger partial charge is 0.439 e. The van der Waals surface area contributed by atoms with Crippen molar-refractivity contribution in [1.29, 1.82) is 0 Å². The minimum absolute atomic E-state index is 0.628. The van der Waals surface area contributed by atoms with Gasteiger partial charge in [0.2, 0.25) is 12.3 Å².